The average Bonchev–Trinajstić information content (AvgIpc) is 2.47. The van der Waals surface area contributed by atoms with Gasteiger partial charge < -0.3 is 16.0 Å². The summed E-state index contributed by atoms with van der Waals surface area (Å²) >= 11 is 0. The number of hydrogen-bond acceptors (Lipinski definition) is 2. The summed E-state index contributed by atoms with van der Waals surface area (Å²) in [5.41, 5.74) is 1.59. The first kappa shape index (κ1) is 16.5. The predicted octanol–water partition coefficient (Wildman–Crippen LogP) is 3.86. The van der Waals surface area contributed by atoms with E-state index in [1.165, 1.54) is 0 Å². The zero-order valence-electron chi connectivity index (χ0n) is 13.5. The second-order valence-corrected chi connectivity index (χ2v) is 6.23. The minimum atomic E-state index is -0.330. The van der Waals surface area contributed by atoms with Crippen molar-refractivity contribution in [1.29, 1.82) is 0 Å². The quantitative estimate of drug-likeness (QED) is 0.805. The molecule has 3 amide bonds. The molecule has 0 spiro atoms. The van der Waals surface area contributed by atoms with E-state index >= 15 is 0 Å². The van der Waals surface area contributed by atoms with Crippen molar-refractivity contribution >= 4 is 23.3 Å². The number of para-hydroxylation sites is 1. The van der Waals surface area contributed by atoms with E-state index in [0.29, 0.717) is 16.9 Å². The standard InChI is InChI=1S/C18H21N3O2/c1-18(2,3)21-16(22)13-9-11-15(12-10-13)20-17(23)19-14-7-5-4-6-8-14/h4-12H,1-3H3,(H,21,22)(H2,19,20,23). The molecular weight excluding hydrogens is 290 g/mol. The summed E-state index contributed by atoms with van der Waals surface area (Å²) in [4.78, 5) is 23.9. The number of carbonyl (C=O) groups excluding carboxylic acids is 2. The number of rotatable bonds is 3. The minimum Gasteiger partial charge on any atom is -0.347 e. The van der Waals surface area contributed by atoms with Gasteiger partial charge in [0, 0.05) is 22.5 Å². The monoisotopic (exact) mass is 311 g/mol. The van der Waals surface area contributed by atoms with Crippen LogP contribution in [0.1, 0.15) is 31.1 Å². The van der Waals surface area contributed by atoms with Crippen LogP contribution in [-0.2, 0) is 0 Å². The van der Waals surface area contributed by atoms with Crippen LogP contribution in [0.15, 0.2) is 54.6 Å². The van der Waals surface area contributed by atoms with Gasteiger partial charge in [0.25, 0.3) is 5.91 Å². The van der Waals surface area contributed by atoms with Gasteiger partial charge in [-0.1, -0.05) is 18.2 Å². The van der Waals surface area contributed by atoms with E-state index < -0.39 is 0 Å². The SMILES string of the molecule is CC(C)(C)NC(=O)c1ccc(NC(=O)Nc2ccccc2)cc1. The van der Waals surface area contributed by atoms with Crippen LogP contribution in [0.2, 0.25) is 0 Å². The van der Waals surface area contributed by atoms with Crippen molar-refractivity contribution in [2.45, 2.75) is 26.3 Å². The number of nitrogens with one attached hydrogen (secondary N) is 3. The van der Waals surface area contributed by atoms with Crippen LogP contribution in [0.4, 0.5) is 16.2 Å². The summed E-state index contributed by atoms with van der Waals surface area (Å²) in [6.45, 7) is 5.78. The van der Waals surface area contributed by atoms with Crippen molar-refractivity contribution in [3.8, 4) is 0 Å². The average molecular weight is 311 g/mol. The van der Waals surface area contributed by atoms with E-state index in [1.807, 2.05) is 39.0 Å². The lowest BCUT2D eigenvalue weighted by atomic mass is 10.1. The molecule has 0 saturated heterocycles. The number of urea groups is 1. The molecule has 0 atom stereocenters. The Hall–Kier alpha value is -2.82. The second-order valence-electron chi connectivity index (χ2n) is 6.23. The van der Waals surface area contributed by atoms with Crippen LogP contribution in [0.5, 0.6) is 0 Å². The lowest BCUT2D eigenvalue weighted by molar-refractivity contribution is 0.0919. The van der Waals surface area contributed by atoms with Crippen LogP contribution >= 0.6 is 0 Å². The van der Waals surface area contributed by atoms with E-state index in [4.69, 9.17) is 0 Å². The first-order valence-electron chi connectivity index (χ1n) is 7.39. The van der Waals surface area contributed by atoms with Crippen LogP contribution in [-0.4, -0.2) is 17.5 Å². The Morgan fingerprint density at radius 2 is 1.30 bits per heavy atom. The summed E-state index contributed by atoms with van der Waals surface area (Å²) < 4.78 is 0. The van der Waals surface area contributed by atoms with Crippen molar-refractivity contribution in [2.24, 2.45) is 0 Å². The molecule has 0 radical (unpaired) electrons. The van der Waals surface area contributed by atoms with E-state index in [1.54, 1.807) is 36.4 Å². The highest BCUT2D eigenvalue weighted by Crippen LogP contribution is 2.12. The van der Waals surface area contributed by atoms with Crippen LogP contribution in [0.25, 0.3) is 0 Å². The van der Waals surface area contributed by atoms with Gasteiger partial charge in [-0.2, -0.15) is 0 Å². The van der Waals surface area contributed by atoms with Crippen molar-refractivity contribution in [3.63, 3.8) is 0 Å². The maximum Gasteiger partial charge on any atom is 0.323 e. The Bertz CT molecular complexity index is 674. The van der Waals surface area contributed by atoms with E-state index in [-0.39, 0.29) is 17.5 Å². The largest absolute Gasteiger partial charge is 0.347 e. The summed E-state index contributed by atoms with van der Waals surface area (Å²) in [5.74, 6) is -0.141. The summed E-state index contributed by atoms with van der Waals surface area (Å²) in [6, 6.07) is 15.6. The predicted molar refractivity (Wildman–Crippen MR) is 92.7 cm³/mol. The molecule has 2 rings (SSSR count). The molecule has 5 heteroatoms. The molecule has 0 aliphatic heterocycles. The fourth-order valence-corrected chi connectivity index (χ4v) is 1.93. The van der Waals surface area contributed by atoms with Gasteiger partial charge in [-0.15, -0.1) is 0 Å². The fourth-order valence-electron chi connectivity index (χ4n) is 1.93. The summed E-state index contributed by atoms with van der Waals surface area (Å²) in [7, 11) is 0. The number of anilines is 2. The number of amides is 3. The number of benzene rings is 2. The first-order valence-corrected chi connectivity index (χ1v) is 7.39. The Balaban J connectivity index is 1.94. The third kappa shape index (κ3) is 5.47. The number of carbonyl (C=O) groups is 2. The van der Waals surface area contributed by atoms with E-state index in [0.717, 1.165) is 0 Å². The van der Waals surface area contributed by atoms with Gasteiger partial charge >= 0.3 is 6.03 Å². The molecule has 3 N–H and O–H groups in total. The van der Waals surface area contributed by atoms with Gasteiger partial charge in [0.2, 0.25) is 0 Å². The molecule has 0 aromatic heterocycles. The van der Waals surface area contributed by atoms with Crippen LogP contribution in [0.3, 0.4) is 0 Å². The molecule has 2 aromatic carbocycles. The molecule has 0 heterocycles. The molecule has 0 aliphatic carbocycles. The van der Waals surface area contributed by atoms with Gasteiger partial charge in [0.15, 0.2) is 0 Å². The highest BCUT2D eigenvalue weighted by Gasteiger charge is 2.15. The zero-order chi connectivity index (χ0) is 16.9. The minimum absolute atomic E-state index is 0.141. The molecule has 120 valence electrons. The molecule has 0 bridgehead atoms. The van der Waals surface area contributed by atoms with Gasteiger partial charge in [-0.25, -0.2) is 4.79 Å². The normalized spacial score (nSPS) is 10.7. The zero-order valence-corrected chi connectivity index (χ0v) is 13.5. The number of hydrogen-bond donors (Lipinski definition) is 3. The molecule has 0 aliphatic rings. The lowest BCUT2D eigenvalue weighted by Gasteiger charge is -2.20. The topological polar surface area (TPSA) is 70.2 Å². The highest BCUT2D eigenvalue weighted by molar-refractivity contribution is 6.00. The Kier molecular flexibility index (Phi) is 5.01. The smallest absolute Gasteiger partial charge is 0.323 e. The molecule has 0 fully saturated rings. The maximum atomic E-state index is 12.0. The molecular formula is C18H21N3O2. The lowest BCUT2D eigenvalue weighted by Crippen LogP contribution is -2.40. The Labute approximate surface area is 136 Å². The van der Waals surface area contributed by atoms with Gasteiger partial charge in [-0.05, 0) is 57.2 Å². The molecule has 0 unspecified atom stereocenters. The Morgan fingerprint density at radius 3 is 1.83 bits per heavy atom. The van der Waals surface area contributed by atoms with Crippen molar-refractivity contribution in [1.82, 2.24) is 5.32 Å². The van der Waals surface area contributed by atoms with E-state index in [2.05, 4.69) is 16.0 Å². The third-order valence-corrected chi connectivity index (χ3v) is 2.93. The van der Waals surface area contributed by atoms with Gasteiger partial charge in [0.05, 0.1) is 0 Å². The van der Waals surface area contributed by atoms with Crippen LogP contribution in [0, 0.1) is 0 Å². The Morgan fingerprint density at radius 1 is 0.783 bits per heavy atom. The second kappa shape index (κ2) is 6.96. The fraction of sp³-hybridized carbons (Fsp3) is 0.222. The van der Waals surface area contributed by atoms with Gasteiger partial charge in [0.1, 0.15) is 0 Å². The molecule has 23 heavy (non-hydrogen) atoms. The van der Waals surface area contributed by atoms with Crippen molar-refractivity contribution in [2.75, 3.05) is 10.6 Å². The first-order chi connectivity index (χ1) is 10.8. The molecule has 0 saturated carbocycles. The highest BCUT2D eigenvalue weighted by atomic mass is 16.2. The third-order valence-electron chi connectivity index (χ3n) is 2.93. The van der Waals surface area contributed by atoms with Crippen LogP contribution < -0.4 is 16.0 Å². The molecule has 5 nitrogen and oxygen atoms in total. The van der Waals surface area contributed by atoms with Crippen molar-refractivity contribution in [3.05, 3.63) is 60.2 Å². The van der Waals surface area contributed by atoms with E-state index in [9.17, 15) is 9.59 Å². The summed E-state index contributed by atoms with van der Waals surface area (Å²) in [5, 5.41) is 8.34. The summed E-state index contributed by atoms with van der Waals surface area (Å²) in [6.07, 6.45) is 0. The van der Waals surface area contributed by atoms with Gasteiger partial charge in [-0.3, -0.25) is 4.79 Å². The van der Waals surface area contributed by atoms with Crippen molar-refractivity contribution < 1.29 is 9.59 Å². The maximum absolute atomic E-state index is 12.0. The molecule has 2 aromatic rings.